The lowest BCUT2D eigenvalue weighted by Crippen LogP contribution is -2.05. The van der Waals surface area contributed by atoms with Gasteiger partial charge in [-0.05, 0) is 37.3 Å². The third-order valence-electron chi connectivity index (χ3n) is 2.69. The molecule has 6 heteroatoms. The topological polar surface area (TPSA) is 78.4 Å². The van der Waals surface area contributed by atoms with E-state index in [2.05, 4.69) is 10.6 Å². The molecule has 0 unspecified atom stereocenters. The molecule has 2 aromatic carbocycles. The van der Waals surface area contributed by atoms with Crippen LogP contribution in [-0.4, -0.2) is 19.5 Å². The van der Waals surface area contributed by atoms with Gasteiger partial charge >= 0.3 is 0 Å². The average Bonchev–Trinajstić information content (AvgIpc) is 2.41. The Morgan fingerprint density at radius 2 is 1.75 bits per heavy atom. The van der Waals surface area contributed by atoms with E-state index >= 15 is 0 Å². The van der Waals surface area contributed by atoms with E-state index < -0.39 is 10.1 Å². The molecule has 0 bridgehead atoms. The Hall–Kier alpha value is -2.05. The Labute approximate surface area is 118 Å². The minimum atomic E-state index is -4.30. The van der Waals surface area contributed by atoms with Gasteiger partial charge < -0.3 is 10.6 Å². The van der Waals surface area contributed by atoms with E-state index in [4.69, 9.17) is 0 Å². The second kappa shape index (κ2) is 5.94. The minimum absolute atomic E-state index is 0.153. The zero-order chi connectivity index (χ0) is 14.6. The van der Waals surface area contributed by atoms with Gasteiger partial charge in [0.05, 0.1) is 5.69 Å². The SMILES string of the molecule is CCNc1ccc(Nc2ccccc2)c(S(=O)(=O)O)c1. The van der Waals surface area contributed by atoms with E-state index in [-0.39, 0.29) is 4.90 Å². The van der Waals surface area contributed by atoms with Crippen LogP contribution in [0.3, 0.4) is 0 Å². The van der Waals surface area contributed by atoms with Crippen molar-refractivity contribution in [2.75, 3.05) is 17.2 Å². The molecule has 0 aliphatic heterocycles. The Kier molecular flexibility index (Phi) is 4.26. The molecule has 0 saturated heterocycles. The molecule has 3 N–H and O–H groups in total. The molecule has 2 rings (SSSR count). The van der Waals surface area contributed by atoms with Gasteiger partial charge in [-0.3, -0.25) is 4.55 Å². The summed E-state index contributed by atoms with van der Waals surface area (Å²) in [6.45, 7) is 2.57. The van der Waals surface area contributed by atoms with E-state index in [1.807, 2.05) is 37.3 Å². The third kappa shape index (κ3) is 3.49. The van der Waals surface area contributed by atoms with Crippen LogP contribution in [0.2, 0.25) is 0 Å². The smallest absolute Gasteiger partial charge is 0.296 e. The summed E-state index contributed by atoms with van der Waals surface area (Å²) >= 11 is 0. The number of hydrogen-bond acceptors (Lipinski definition) is 4. The van der Waals surface area contributed by atoms with E-state index in [9.17, 15) is 13.0 Å². The Morgan fingerprint density at radius 1 is 1.05 bits per heavy atom. The maximum Gasteiger partial charge on any atom is 0.296 e. The molecule has 0 aliphatic carbocycles. The van der Waals surface area contributed by atoms with Gasteiger partial charge in [0.25, 0.3) is 10.1 Å². The molecular weight excluding hydrogens is 276 g/mol. The van der Waals surface area contributed by atoms with Crippen molar-refractivity contribution in [3.05, 3.63) is 48.5 Å². The number of para-hydroxylation sites is 1. The molecule has 0 amide bonds. The molecule has 0 radical (unpaired) electrons. The molecule has 0 heterocycles. The number of hydrogen-bond donors (Lipinski definition) is 3. The molecule has 2 aromatic rings. The van der Waals surface area contributed by atoms with Crippen molar-refractivity contribution in [3.8, 4) is 0 Å². The van der Waals surface area contributed by atoms with Crippen LogP contribution < -0.4 is 10.6 Å². The molecule has 0 saturated carbocycles. The number of anilines is 3. The molecule has 0 spiro atoms. The summed E-state index contributed by atoms with van der Waals surface area (Å²) < 4.78 is 32.3. The predicted molar refractivity (Wildman–Crippen MR) is 80.1 cm³/mol. The Bertz CT molecular complexity index is 685. The van der Waals surface area contributed by atoms with Gasteiger partial charge in [-0.1, -0.05) is 18.2 Å². The van der Waals surface area contributed by atoms with Gasteiger partial charge in [0.1, 0.15) is 4.90 Å². The van der Waals surface area contributed by atoms with Crippen LogP contribution in [0.1, 0.15) is 6.92 Å². The monoisotopic (exact) mass is 292 g/mol. The standard InChI is InChI=1S/C14H16N2O3S/c1-2-15-12-8-9-13(14(10-12)20(17,18)19)16-11-6-4-3-5-7-11/h3-10,15-16H,2H2,1H3,(H,17,18,19). The predicted octanol–water partition coefficient (Wildman–Crippen LogP) is 3.11. The summed E-state index contributed by atoms with van der Waals surface area (Å²) in [5.41, 5.74) is 1.72. The highest BCUT2D eigenvalue weighted by molar-refractivity contribution is 7.86. The first-order chi connectivity index (χ1) is 9.50. The van der Waals surface area contributed by atoms with Gasteiger partial charge in [0, 0.05) is 17.9 Å². The van der Waals surface area contributed by atoms with Crippen molar-refractivity contribution in [1.29, 1.82) is 0 Å². The van der Waals surface area contributed by atoms with Gasteiger partial charge in [-0.2, -0.15) is 8.42 Å². The average molecular weight is 292 g/mol. The van der Waals surface area contributed by atoms with Crippen molar-refractivity contribution in [1.82, 2.24) is 0 Å². The highest BCUT2D eigenvalue weighted by Crippen LogP contribution is 2.27. The summed E-state index contributed by atoms with van der Waals surface area (Å²) in [5, 5.41) is 5.99. The quantitative estimate of drug-likeness (QED) is 0.738. The normalized spacial score (nSPS) is 11.1. The lowest BCUT2D eigenvalue weighted by Gasteiger charge is -2.12. The molecule has 0 atom stereocenters. The van der Waals surface area contributed by atoms with Crippen LogP contribution in [0, 0.1) is 0 Å². The van der Waals surface area contributed by atoms with Crippen molar-refractivity contribution in [2.45, 2.75) is 11.8 Å². The minimum Gasteiger partial charge on any atom is -0.385 e. The first-order valence-corrected chi connectivity index (χ1v) is 7.62. The van der Waals surface area contributed by atoms with E-state index in [0.717, 1.165) is 5.69 Å². The van der Waals surface area contributed by atoms with Crippen molar-refractivity contribution in [3.63, 3.8) is 0 Å². The summed E-state index contributed by atoms with van der Waals surface area (Å²) in [7, 11) is -4.30. The first-order valence-electron chi connectivity index (χ1n) is 6.18. The first kappa shape index (κ1) is 14.4. The zero-order valence-corrected chi connectivity index (χ0v) is 11.8. The number of rotatable bonds is 5. The van der Waals surface area contributed by atoms with Crippen LogP contribution in [0.15, 0.2) is 53.4 Å². The molecule has 0 aromatic heterocycles. The third-order valence-corrected chi connectivity index (χ3v) is 3.59. The molecule has 0 fully saturated rings. The number of nitrogens with one attached hydrogen (secondary N) is 2. The highest BCUT2D eigenvalue weighted by atomic mass is 32.2. The van der Waals surface area contributed by atoms with Gasteiger partial charge in [-0.25, -0.2) is 0 Å². The number of benzene rings is 2. The molecule has 0 aliphatic rings. The van der Waals surface area contributed by atoms with Crippen LogP contribution in [0.5, 0.6) is 0 Å². The largest absolute Gasteiger partial charge is 0.385 e. The van der Waals surface area contributed by atoms with Crippen molar-refractivity contribution in [2.24, 2.45) is 0 Å². The lowest BCUT2D eigenvalue weighted by molar-refractivity contribution is 0.483. The summed E-state index contributed by atoms with van der Waals surface area (Å²) in [4.78, 5) is -0.153. The summed E-state index contributed by atoms with van der Waals surface area (Å²) in [6, 6.07) is 13.9. The fraction of sp³-hybridized carbons (Fsp3) is 0.143. The van der Waals surface area contributed by atoms with Crippen molar-refractivity contribution >= 4 is 27.2 Å². The van der Waals surface area contributed by atoms with Gasteiger partial charge in [0.15, 0.2) is 0 Å². The molecule has 20 heavy (non-hydrogen) atoms. The Balaban J connectivity index is 2.42. The summed E-state index contributed by atoms with van der Waals surface area (Å²) in [6.07, 6.45) is 0. The Morgan fingerprint density at radius 3 is 2.35 bits per heavy atom. The summed E-state index contributed by atoms with van der Waals surface area (Å²) in [5.74, 6) is 0. The van der Waals surface area contributed by atoms with Crippen LogP contribution in [0.4, 0.5) is 17.1 Å². The molecular formula is C14H16N2O3S. The van der Waals surface area contributed by atoms with Crippen LogP contribution in [0.25, 0.3) is 0 Å². The maximum atomic E-state index is 11.5. The van der Waals surface area contributed by atoms with Crippen molar-refractivity contribution < 1.29 is 13.0 Å². The lowest BCUT2D eigenvalue weighted by atomic mass is 10.2. The second-order valence-corrected chi connectivity index (χ2v) is 5.60. The highest BCUT2D eigenvalue weighted by Gasteiger charge is 2.16. The van der Waals surface area contributed by atoms with E-state index in [0.29, 0.717) is 17.9 Å². The second-order valence-electron chi connectivity index (χ2n) is 4.21. The van der Waals surface area contributed by atoms with Gasteiger partial charge in [0.2, 0.25) is 0 Å². The van der Waals surface area contributed by atoms with E-state index in [1.165, 1.54) is 6.07 Å². The van der Waals surface area contributed by atoms with Crippen LogP contribution in [-0.2, 0) is 10.1 Å². The van der Waals surface area contributed by atoms with Crippen LogP contribution >= 0.6 is 0 Å². The molecule has 106 valence electrons. The zero-order valence-electron chi connectivity index (χ0n) is 11.0. The fourth-order valence-electron chi connectivity index (χ4n) is 1.83. The van der Waals surface area contributed by atoms with Gasteiger partial charge in [-0.15, -0.1) is 0 Å². The maximum absolute atomic E-state index is 11.5. The molecule has 5 nitrogen and oxygen atoms in total. The fourth-order valence-corrected chi connectivity index (χ4v) is 2.50. The van der Waals surface area contributed by atoms with E-state index in [1.54, 1.807) is 12.1 Å².